The lowest BCUT2D eigenvalue weighted by Gasteiger charge is -2.16. The number of sulfone groups is 1. The minimum absolute atomic E-state index is 0.0391. The number of nitrogens with zero attached hydrogens (tertiary/aromatic N) is 2. The van der Waals surface area contributed by atoms with Crippen molar-refractivity contribution in [2.24, 2.45) is 0 Å². The molecule has 1 heterocycles. The van der Waals surface area contributed by atoms with Gasteiger partial charge in [0.15, 0.2) is 0 Å². The van der Waals surface area contributed by atoms with Crippen molar-refractivity contribution < 1.29 is 13.2 Å². The largest absolute Gasteiger partial charge is 0.361 e. The summed E-state index contributed by atoms with van der Waals surface area (Å²) in [7, 11) is -4.83. The number of ether oxygens (including phenoxy) is 1. The van der Waals surface area contributed by atoms with Crippen LogP contribution in [0.4, 0.5) is 0 Å². The van der Waals surface area contributed by atoms with E-state index >= 15 is 0 Å². The van der Waals surface area contributed by atoms with Gasteiger partial charge in [-0.15, -0.1) is 0 Å². The van der Waals surface area contributed by atoms with Crippen LogP contribution in [0.3, 0.4) is 0 Å². The zero-order chi connectivity index (χ0) is 26.2. The maximum absolute atomic E-state index is 12.7. The molecule has 5 rings (SSSR count). The Morgan fingerprint density at radius 2 is 1.41 bits per heavy atom. The van der Waals surface area contributed by atoms with Gasteiger partial charge in [0.25, 0.3) is 0 Å². The number of rotatable bonds is 8. The van der Waals surface area contributed by atoms with E-state index in [2.05, 4.69) is 67.1 Å². The SMILES string of the molecule is C[Si](C)(C)CCOCn1c(S(C)(=O)=O)nc2cc(-c3ccc(-c4ccccc4)cc3)c3ccccc3c21. The Morgan fingerprint density at radius 3 is 2.05 bits per heavy atom. The van der Waals surface area contributed by atoms with E-state index in [-0.39, 0.29) is 11.9 Å². The average molecular weight is 529 g/mol. The number of benzene rings is 4. The quantitative estimate of drug-likeness (QED) is 0.157. The lowest BCUT2D eigenvalue weighted by molar-refractivity contribution is 0.0840. The summed E-state index contributed by atoms with van der Waals surface area (Å²) in [6.45, 7) is 7.64. The Morgan fingerprint density at radius 1 is 0.811 bits per heavy atom. The zero-order valence-electron chi connectivity index (χ0n) is 21.7. The second-order valence-electron chi connectivity index (χ2n) is 10.7. The molecular weight excluding hydrogens is 496 g/mol. The monoisotopic (exact) mass is 528 g/mol. The van der Waals surface area contributed by atoms with Gasteiger partial charge in [-0.25, -0.2) is 13.4 Å². The van der Waals surface area contributed by atoms with Gasteiger partial charge >= 0.3 is 0 Å². The van der Waals surface area contributed by atoms with E-state index < -0.39 is 17.9 Å². The molecule has 4 aromatic carbocycles. The molecular formula is C30H32N2O3SSi. The summed E-state index contributed by atoms with van der Waals surface area (Å²) in [5, 5.41) is 2.04. The Bertz CT molecular complexity index is 1670. The summed E-state index contributed by atoms with van der Waals surface area (Å²) < 4.78 is 33.2. The minimum atomic E-state index is -3.56. The van der Waals surface area contributed by atoms with Crippen molar-refractivity contribution in [1.29, 1.82) is 0 Å². The smallest absolute Gasteiger partial charge is 0.230 e. The van der Waals surface area contributed by atoms with Crippen molar-refractivity contribution in [2.45, 2.75) is 37.6 Å². The molecule has 0 saturated carbocycles. The molecule has 0 bridgehead atoms. The second-order valence-corrected chi connectivity index (χ2v) is 18.3. The summed E-state index contributed by atoms with van der Waals surface area (Å²) in [5.41, 5.74) is 5.82. The predicted molar refractivity (Wildman–Crippen MR) is 155 cm³/mol. The maximum Gasteiger partial charge on any atom is 0.230 e. The van der Waals surface area contributed by atoms with Gasteiger partial charge in [0.05, 0.1) is 11.0 Å². The molecule has 1 aromatic heterocycles. The highest BCUT2D eigenvalue weighted by Crippen LogP contribution is 2.36. The maximum atomic E-state index is 12.7. The van der Waals surface area contributed by atoms with E-state index in [0.717, 1.165) is 39.0 Å². The number of hydrogen-bond acceptors (Lipinski definition) is 4. The first-order valence-electron chi connectivity index (χ1n) is 12.5. The summed E-state index contributed by atoms with van der Waals surface area (Å²) in [6, 6.07) is 29.9. The first-order valence-corrected chi connectivity index (χ1v) is 18.1. The van der Waals surface area contributed by atoms with Gasteiger partial charge in [0.1, 0.15) is 6.73 Å². The first kappa shape index (κ1) is 25.4. The van der Waals surface area contributed by atoms with Crippen LogP contribution >= 0.6 is 0 Å². The molecule has 0 N–H and O–H groups in total. The average Bonchev–Trinajstić information content (AvgIpc) is 3.26. The van der Waals surface area contributed by atoms with E-state index in [4.69, 9.17) is 4.74 Å². The van der Waals surface area contributed by atoms with Crippen LogP contribution in [-0.4, -0.2) is 38.9 Å². The molecule has 190 valence electrons. The highest BCUT2D eigenvalue weighted by Gasteiger charge is 2.23. The Labute approximate surface area is 219 Å². The third kappa shape index (κ3) is 5.39. The van der Waals surface area contributed by atoms with Crippen LogP contribution in [0, 0.1) is 0 Å². The van der Waals surface area contributed by atoms with Gasteiger partial charge in [-0.05, 0) is 39.8 Å². The Hall–Kier alpha value is -3.26. The highest BCUT2D eigenvalue weighted by atomic mass is 32.2. The van der Waals surface area contributed by atoms with Crippen molar-refractivity contribution in [1.82, 2.24) is 9.55 Å². The van der Waals surface area contributed by atoms with Gasteiger partial charge in [0.2, 0.25) is 15.0 Å². The van der Waals surface area contributed by atoms with E-state index in [1.165, 1.54) is 11.8 Å². The molecule has 0 aliphatic carbocycles. The first-order chi connectivity index (χ1) is 17.6. The van der Waals surface area contributed by atoms with Crippen LogP contribution in [0.5, 0.6) is 0 Å². The van der Waals surface area contributed by atoms with Crippen LogP contribution in [0.25, 0.3) is 44.1 Å². The van der Waals surface area contributed by atoms with Crippen molar-refractivity contribution in [2.75, 3.05) is 12.9 Å². The molecule has 0 aliphatic heterocycles. The van der Waals surface area contributed by atoms with Crippen molar-refractivity contribution >= 4 is 39.7 Å². The highest BCUT2D eigenvalue weighted by molar-refractivity contribution is 7.90. The second kappa shape index (κ2) is 9.89. The fraction of sp³-hybridized carbons (Fsp3) is 0.233. The van der Waals surface area contributed by atoms with Crippen LogP contribution in [-0.2, 0) is 21.3 Å². The topological polar surface area (TPSA) is 61.2 Å². The molecule has 0 aliphatic rings. The Balaban J connectivity index is 1.63. The van der Waals surface area contributed by atoms with Gasteiger partial charge in [-0.1, -0.05) is 98.5 Å². The van der Waals surface area contributed by atoms with Gasteiger partial charge in [-0.3, -0.25) is 4.57 Å². The summed E-state index contributed by atoms with van der Waals surface area (Å²) in [6.07, 6.45) is 1.21. The van der Waals surface area contributed by atoms with Crippen LogP contribution in [0.2, 0.25) is 25.7 Å². The molecule has 7 heteroatoms. The molecule has 0 saturated heterocycles. The normalized spacial score (nSPS) is 12.4. The lowest BCUT2D eigenvalue weighted by atomic mass is 9.95. The minimum Gasteiger partial charge on any atom is -0.361 e. The lowest BCUT2D eigenvalue weighted by Crippen LogP contribution is -2.22. The molecule has 0 fully saturated rings. The van der Waals surface area contributed by atoms with Crippen molar-refractivity contribution in [3.05, 3.63) is 84.9 Å². The van der Waals surface area contributed by atoms with Crippen LogP contribution in [0.1, 0.15) is 0 Å². The number of aromatic nitrogens is 2. The standard InChI is InChI=1S/C30H32N2O3SSi/c1-36(33,34)30-31-28-20-27(24-16-14-23(15-17-24)22-10-6-5-7-11-22)25-12-8-9-13-26(25)29(28)32(30)21-35-18-19-37(2,3)4/h5-17,20H,18-19,21H2,1-4H3. The summed E-state index contributed by atoms with van der Waals surface area (Å²) >= 11 is 0. The molecule has 5 aromatic rings. The number of imidazole rings is 1. The summed E-state index contributed by atoms with van der Waals surface area (Å²) in [5.74, 6) is 0. The third-order valence-electron chi connectivity index (χ3n) is 6.56. The predicted octanol–water partition coefficient (Wildman–Crippen LogP) is 7.24. The molecule has 37 heavy (non-hydrogen) atoms. The van der Waals surface area contributed by atoms with Crippen molar-refractivity contribution in [3.63, 3.8) is 0 Å². The van der Waals surface area contributed by atoms with E-state index in [1.54, 1.807) is 4.57 Å². The van der Waals surface area contributed by atoms with Crippen LogP contribution in [0.15, 0.2) is 90.1 Å². The molecule has 0 radical (unpaired) electrons. The fourth-order valence-electron chi connectivity index (χ4n) is 4.62. The van der Waals surface area contributed by atoms with E-state index in [0.29, 0.717) is 12.1 Å². The zero-order valence-corrected chi connectivity index (χ0v) is 23.5. The van der Waals surface area contributed by atoms with E-state index in [9.17, 15) is 8.42 Å². The van der Waals surface area contributed by atoms with E-state index in [1.807, 2.05) is 42.5 Å². The summed E-state index contributed by atoms with van der Waals surface area (Å²) in [4.78, 5) is 4.62. The molecule has 0 unspecified atom stereocenters. The van der Waals surface area contributed by atoms with Gasteiger partial charge in [0, 0.05) is 26.3 Å². The van der Waals surface area contributed by atoms with Crippen molar-refractivity contribution in [3.8, 4) is 22.3 Å². The molecule has 5 nitrogen and oxygen atoms in total. The molecule has 0 atom stereocenters. The van der Waals surface area contributed by atoms with Gasteiger partial charge in [-0.2, -0.15) is 0 Å². The molecule has 0 amide bonds. The number of fused-ring (bicyclic) bond motifs is 3. The van der Waals surface area contributed by atoms with Gasteiger partial charge < -0.3 is 4.74 Å². The number of hydrogen-bond donors (Lipinski definition) is 0. The fourth-order valence-corrected chi connectivity index (χ4v) is 6.19. The van der Waals surface area contributed by atoms with Crippen LogP contribution < -0.4 is 0 Å². The Kier molecular flexibility index (Phi) is 6.79. The third-order valence-corrected chi connectivity index (χ3v) is 9.24. The molecule has 0 spiro atoms.